The number of nitrogens with zero attached hydrogens (tertiary/aromatic N) is 1. The molecule has 0 saturated heterocycles. The van der Waals surface area contributed by atoms with E-state index < -0.39 is 6.04 Å². The highest BCUT2D eigenvalue weighted by Gasteiger charge is 2.30. The van der Waals surface area contributed by atoms with Crippen molar-refractivity contribution in [2.45, 2.75) is 19.0 Å². The molecule has 5 nitrogen and oxygen atoms in total. The molecule has 0 aromatic heterocycles. The molecule has 0 fully saturated rings. The second-order valence-corrected chi connectivity index (χ2v) is 9.08. The van der Waals surface area contributed by atoms with Gasteiger partial charge >= 0.3 is 0 Å². The molecule has 1 unspecified atom stereocenters. The highest BCUT2D eigenvalue weighted by molar-refractivity contribution is 9.10. The fourth-order valence-electron chi connectivity index (χ4n) is 3.31. The van der Waals surface area contributed by atoms with Crippen molar-refractivity contribution in [1.29, 1.82) is 0 Å². The first-order chi connectivity index (χ1) is 15.9. The third kappa shape index (κ3) is 7.22. The topological polar surface area (TPSA) is 58.6 Å². The Morgan fingerprint density at radius 1 is 1.03 bits per heavy atom. The number of halogens is 3. The van der Waals surface area contributed by atoms with Crippen LogP contribution in [0.15, 0.2) is 77.3 Å². The van der Waals surface area contributed by atoms with E-state index in [0.717, 1.165) is 10.0 Å². The monoisotopic (exact) mass is 548 g/mol. The Bertz CT molecular complexity index is 1090. The smallest absolute Gasteiger partial charge is 0.261 e. The van der Waals surface area contributed by atoms with E-state index in [-0.39, 0.29) is 25.0 Å². The number of ether oxygens (including phenoxy) is 1. The van der Waals surface area contributed by atoms with Gasteiger partial charge in [0.25, 0.3) is 5.91 Å². The first-order valence-electron chi connectivity index (χ1n) is 10.2. The van der Waals surface area contributed by atoms with Gasteiger partial charge in [0.15, 0.2) is 6.61 Å². The van der Waals surface area contributed by atoms with Crippen molar-refractivity contribution in [1.82, 2.24) is 10.2 Å². The quantitative estimate of drug-likeness (QED) is 0.382. The van der Waals surface area contributed by atoms with Gasteiger partial charge in [0.2, 0.25) is 5.91 Å². The molecule has 0 heterocycles. The van der Waals surface area contributed by atoms with Gasteiger partial charge in [0.1, 0.15) is 11.8 Å². The lowest BCUT2D eigenvalue weighted by atomic mass is 10.0. The van der Waals surface area contributed by atoms with Crippen LogP contribution in [0.2, 0.25) is 10.0 Å². The fourth-order valence-corrected chi connectivity index (χ4v) is 4.05. The SMILES string of the molecule is CNC(=O)C(Cc1ccccc1)N(Cc1ccc(Cl)cc1Cl)C(=O)COc1ccc(Br)cc1. The van der Waals surface area contributed by atoms with Crippen molar-refractivity contribution < 1.29 is 14.3 Å². The molecular formula is C25H23BrCl2N2O3. The summed E-state index contributed by atoms with van der Waals surface area (Å²) in [6.45, 7) is -0.0986. The molecule has 172 valence electrons. The number of hydrogen-bond acceptors (Lipinski definition) is 3. The second-order valence-electron chi connectivity index (χ2n) is 7.32. The molecule has 3 aromatic carbocycles. The van der Waals surface area contributed by atoms with Crippen LogP contribution in [0.5, 0.6) is 5.75 Å². The summed E-state index contributed by atoms with van der Waals surface area (Å²) >= 11 is 15.8. The molecule has 1 atom stereocenters. The van der Waals surface area contributed by atoms with Crippen LogP contribution in [0.25, 0.3) is 0 Å². The van der Waals surface area contributed by atoms with Gasteiger partial charge in [0.05, 0.1) is 0 Å². The number of rotatable bonds is 9. The van der Waals surface area contributed by atoms with Gasteiger partial charge in [0, 0.05) is 34.5 Å². The second kappa shape index (κ2) is 12.1. The Morgan fingerprint density at radius 2 is 1.73 bits per heavy atom. The third-order valence-electron chi connectivity index (χ3n) is 5.05. The average Bonchev–Trinajstić information content (AvgIpc) is 2.82. The van der Waals surface area contributed by atoms with Crippen molar-refractivity contribution in [3.8, 4) is 5.75 Å². The average molecular weight is 550 g/mol. The minimum atomic E-state index is -0.759. The van der Waals surface area contributed by atoms with E-state index in [1.165, 1.54) is 4.90 Å². The van der Waals surface area contributed by atoms with E-state index in [2.05, 4.69) is 21.2 Å². The molecule has 0 aliphatic heterocycles. The fraction of sp³-hybridized carbons (Fsp3) is 0.200. The zero-order valence-corrected chi connectivity index (χ0v) is 21.0. The highest BCUT2D eigenvalue weighted by Crippen LogP contribution is 2.24. The normalized spacial score (nSPS) is 11.5. The summed E-state index contributed by atoms with van der Waals surface area (Å²) in [5.74, 6) is -0.0648. The maximum absolute atomic E-state index is 13.4. The zero-order valence-electron chi connectivity index (χ0n) is 17.9. The Labute approximate surface area is 211 Å². The molecule has 0 aliphatic rings. The highest BCUT2D eigenvalue weighted by atomic mass is 79.9. The van der Waals surface area contributed by atoms with Crippen molar-refractivity contribution in [2.75, 3.05) is 13.7 Å². The number of likely N-dealkylation sites (N-methyl/N-ethyl adjacent to an activating group) is 1. The van der Waals surface area contributed by atoms with Crippen molar-refractivity contribution in [3.63, 3.8) is 0 Å². The van der Waals surface area contributed by atoms with Crippen molar-refractivity contribution in [3.05, 3.63) is 98.4 Å². The number of carbonyl (C=O) groups is 2. The van der Waals surface area contributed by atoms with Gasteiger partial charge in [-0.05, 0) is 47.5 Å². The zero-order chi connectivity index (χ0) is 23.8. The molecule has 1 N–H and O–H groups in total. The van der Waals surface area contributed by atoms with Gasteiger partial charge in [-0.1, -0.05) is 75.5 Å². The van der Waals surface area contributed by atoms with Crippen molar-refractivity contribution in [2.24, 2.45) is 0 Å². The summed E-state index contributed by atoms with van der Waals surface area (Å²) in [6, 6.07) is 21.0. The third-order valence-corrected chi connectivity index (χ3v) is 6.16. The summed E-state index contributed by atoms with van der Waals surface area (Å²) in [5.41, 5.74) is 1.61. The van der Waals surface area contributed by atoms with E-state index in [4.69, 9.17) is 27.9 Å². The van der Waals surface area contributed by atoms with Gasteiger partial charge in [-0.2, -0.15) is 0 Å². The molecule has 0 aliphatic carbocycles. The van der Waals surface area contributed by atoms with Crippen LogP contribution in [0.4, 0.5) is 0 Å². The summed E-state index contributed by atoms with van der Waals surface area (Å²) in [5, 5.41) is 3.59. The largest absolute Gasteiger partial charge is 0.484 e. The lowest BCUT2D eigenvalue weighted by Crippen LogP contribution is -2.51. The van der Waals surface area contributed by atoms with Gasteiger partial charge in [-0.25, -0.2) is 0 Å². The maximum atomic E-state index is 13.4. The van der Waals surface area contributed by atoms with Crippen LogP contribution in [0.1, 0.15) is 11.1 Å². The van der Waals surface area contributed by atoms with Crippen LogP contribution in [-0.2, 0) is 22.6 Å². The van der Waals surface area contributed by atoms with Crippen LogP contribution in [-0.4, -0.2) is 36.4 Å². The number of carbonyl (C=O) groups excluding carboxylic acids is 2. The van der Waals surface area contributed by atoms with E-state index in [9.17, 15) is 9.59 Å². The first kappa shape index (κ1) is 25.1. The lowest BCUT2D eigenvalue weighted by molar-refractivity contribution is -0.142. The minimum absolute atomic E-state index is 0.128. The minimum Gasteiger partial charge on any atom is -0.484 e. The van der Waals surface area contributed by atoms with Crippen molar-refractivity contribution >= 4 is 50.9 Å². The standard InChI is InChI=1S/C25H23BrCl2N2O3/c1-29-25(32)23(13-17-5-3-2-4-6-17)30(15-18-7-10-20(27)14-22(18)28)24(31)16-33-21-11-8-19(26)9-12-21/h2-12,14,23H,13,15-16H2,1H3,(H,29,32). The Hall–Kier alpha value is -2.54. The number of nitrogens with one attached hydrogen (secondary N) is 1. The van der Waals surface area contributed by atoms with E-state index in [1.54, 1.807) is 37.4 Å². The van der Waals surface area contributed by atoms with E-state index in [0.29, 0.717) is 27.8 Å². The molecule has 2 amide bonds. The van der Waals surface area contributed by atoms with Gasteiger partial charge < -0.3 is 15.0 Å². The van der Waals surface area contributed by atoms with Gasteiger partial charge in [-0.3, -0.25) is 9.59 Å². The van der Waals surface area contributed by atoms with Crippen LogP contribution < -0.4 is 10.1 Å². The Morgan fingerprint density at radius 3 is 2.36 bits per heavy atom. The summed E-state index contributed by atoms with van der Waals surface area (Å²) in [4.78, 5) is 27.8. The van der Waals surface area contributed by atoms with Crippen LogP contribution >= 0.6 is 39.1 Å². The summed E-state index contributed by atoms with van der Waals surface area (Å²) in [6.07, 6.45) is 0.343. The first-order valence-corrected chi connectivity index (χ1v) is 11.8. The molecule has 3 aromatic rings. The van der Waals surface area contributed by atoms with Crippen LogP contribution in [0, 0.1) is 0 Å². The molecule has 8 heteroatoms. The molecule has 0 radical (unpaired) electrons. The Kier molecular flexibility index (Phi) is 9.18. The molecule has 0 saturated carbocycles. The molecule has 33 heavy (non-hydrogen) atoms. The van der Waals surface area contributed by atoms with E-state index >= 15 is 0 Å². The molecule has 0 spiro atoms. The Balaban J connectivity index is 1.89. The van der Waals surface area contributed by atoms with Crippen LogP contribution in [0.3, 0.4) is 0 Å². The molecule has 0 bridgehead atoms. The molecule has 3 rings (SSSR count). The number of hydrogen-bond donors (Lipinski definition) is 1. The van der Waals surface area contributed by atoms with Gasteiger partial charge in [-0.15, -0.1) is 0 Å². The predicted molar refractivity (Wildman–Crippen MR) is 135 cm³/mol. The number of amides is 2. The lowest BCUT2D eigenvalue weighted by Gasteiger charge is -2.31. The van der Waals surface area contributed by atoms with E-state index in [1.807, 2.05) is 42.5 Å². The summed E-state index contributed by atoms with van der Waals surface area (Å²) < 4.78 is 6.61. The summed E-state index contributed by atoms with van der Waals surface area (Å²) in [7, 11) is 1.55. The maximum Gasteiger partial charge on any atom is 0.261 e. The predicted octanol–water partition coefficient (Wildman–Crippen LogP) is 5.52. The number of benzene rings is 3. The molecular weight excluding hydrogens is 527 g/mol.